The molecule has 2 aliphatic rings. The summed E-state index contributed by atoms with van der Waals surface area (Å²) in [5, 5.41) is 6.50. The van der Waals surface area contributed by atoms with Crippen molar-refractivity contribution in [2.75, 3.05) is 26.3 Å². The van der Waals surface area contributed by atoms with Crippen LogP contribution in [0.2, 0.25) is 0 Å². The fraction of sp³-hybridized carbons (Fsp3) is 0.929. The highest BCUT2D eigenvalue weighted by Gasteiger charge is 2.22. The van der Waals surface area contributed by atoms with Crippen LogP contribution in [-0.4, -0.2) is 38.3 Å². The van der Waals surface area contributed by atoms with Crippen LogP contribution >= 0.6 is 0 Å². The molecule has 0 saturated carbocycles. The number of nitrogens with one attached hydrogen (secondary N) is 2. The number of carbonyl (C=O) groups is 1. The topological polar surface area (TPSA) is 50.4 Å². The van der Waals surface area contributed by atoms with Crippen molar-refractivity contribution in [2.45, 2.75) is 45.1 Å². The van der Waals surface area contributed by atoms with Gasteiger partial charge in [-0.3, -0.25) is 4.79 Å². The molecule has 0 aliphatic carbocycles. The molecule has 4 nitrogen and oxygen atoms in total. The maximum atomic E-state index is 11.9. The molecule has 2 rings (SSSR count). The Morgan fingerprint density at radius 2 is 2.17 bits per heavy atom. The summed E-state index contributed by atoms with van der Waals surface area (Å²) in [6.07, 6.45) is 5.09. The van der Waals surface area contributed by atoms with E-state index in [1.165, 1.54) is 6.42 Å². The van der Waals surface area contributed by atoms with Crippen LogP contribution in [0, 0.1) is 11.8 Å². The molecule has 4 heteroatoms. The molecule has 2 aliphatic heterocycles. The summed E-state index contributed by atoms with van der Waals surface area (Å²) in [4.78, 5) is 11.9. The molecule has 2 unspecified atom stereocenters. The normalized spacial score (nSPS) is 27.1. The minimum atomic E-state index is 0.223. The molecule has 2 atom stereocenters. The maximum absolute atomic E-state index is 11.9. The fourth-order valence-corrected chi connectivity index (χ4v) is 2.96. The Morgan fingerprint density at radius 1 is 1.39 bits per heavy atom. The van der Waals surface area contributed by atoms with E-state index in [1.54, 1.807) is 0 Å². The number of hydrogen-bond acceptors (Lipinski definition) is 3. The van der Waals surface area contributed by atoms with Crippen LogP contribution in [0.25, 0.3) is 0 Å². The first-order valence-electron chi connectivity index (χ1n) is 7.33. The van der Waals surface area contributed by atoms with Crippen LogP contribution < -0.4 is 10.6 Å². The predicted molar refractivity (Wildman–Crippen MR) is 71.4 cm³/mol. The Bertz CT molecular complexity index is 259. The third kappa shape index (κ3) is 4.25. The largest absolute Gasteiger partial charge is 0.381 e. The molecule has 0 aromatic rings. The lowest BCUT2D eigenvalue weighted by molar-refractivity contribution is -0.122. The highest BCUT2D eigenvalue weighted by atomic mass is 16.5. The van der Waals surface area contributed by atoms with Crippen LogP contribution in [0.1, 0.15) is 39.0 Å². The maximum Gasteiger partial charge on any atom is 0.220 e. The van der Waals surface area contributed by atoms with Crippen molar-refractivity contribution in [3.8, 4) is 0 Å². The summed E-state index contributed by atoms with van der Waals surface area (Å²) in [6.45, 7) is 6.02. The molecule has 0 radical (unpaired) electrons. The van der Waals surface area contributed by atoms with Crippen LogP contribution in [0.4, 0.5) is 0 Å². The molecular formula is C14H26N2O2. The van der Waals surface area contributed by atoms with Gasteiger partial charge in [0.2, 0.25) is 5.91 Å². The van der Waals surface area contributed by atoms with Crippen molar-refractivity contribution in [2.24, 2.45) is 11.8 Å². The lowest BCUT2D eigenvalue weighted by Gasteiger charge is -2.28. The van der Waals surface area contributed by atoms with Crippen molar-refractivity contribution in [3.63, 3.8) is 0 Å². The fourth-order valence-electron chi connectivity index (χ4n) is 2.96. The van der Waals surface area contributed by atoms with E-state index in [2.05, 4.69) is 17.6 Å². The Labute approximate surface area is 110 Å². The van der Waals surface area contributed by atoms with Gasteiger partial charge in [-0.15, -0.1) is 0 Å². The Hall–Kier alpha value is -0.610. The highest BCUT2D eigenvalue weighted by Crippen LogP contribution is 2.19. The summed E-state index contributed by atoms with van der Waals surface area (Å²) in [6, 6.07) is 0.295. The minimum absolute atomic E-state index is 0.223. The van der Waals surface area contributed by atoms with Gasteiger partial charge in [-0.2, -0.15) is 0 Å². The van der Waals surface area contributed by atoms with Gasteiger partial charge in [0.05, 0.1) is 0 Å². The number of ether oxygens (including phenoxy) is 1. The van der Waals surface area contributed by atoms with E-state index in [9.17, 15) is 4.79 Å². The lowest BCUT2D eigenvalue weighted by Crippen LogP contribution is -2.40. The number of rotatable bonds is 5. The molecular weight excluding hydrogens is 228 g/mol. The van der Waals surface area contributed by atoms with Crippen molar-refractivity contribution in [1.82, 2.24) is 10.6 Å². The van der Waals surface area contributed by atoms with Gasteiger partial charge in [0.15, 0.2) is 0 Å². The third-order valence-corrected chi connectivity index (χ3v) is 4.30. The van der Waals surface area contributed by atoms with E-state index >= 15 is 0 Å². The summed E-state index contributed by atoms with van der Waals surface area (Å²) >= 11 is 0. The van der Waals surface area contributed by atoms with E-state index < -0.39 is 0 Å². The predicted octanol–water partition coefficient (Wildman–Crippen LogP) is 1.31. The second-order valence-corrected chi connectivity index (χ2v) is 5.70. The first-order chi connectivity index (χ1) is 8.75. The third-order valence-electron chi connectivity index (χ3n) is 4.30. The summed E-state index contributed by atoms with van der Waals surface area (Å²) in [7, 11) is 0. The van der Waals surface area contributed by atoms with Gasteiger partial charge in [0, 0.05) is 25.7 Å². The van der Waals surface area contributed by atoms with Gasteiger partial charge in [0.25, 0.3) is 0 Å². The summed E-state index contributed by atoms with van der Waals surface area (Å²) in [5.41, 5.74) is 0. The molecule has 0 aromatic carbocycles. The summed E-state index contributed by atoms with van der Waals surface area (Å²) < 4.78 is 5.35. The molecule has 0 bridgehead atoms. The van der Waals surface area contributed by atoms with Gasteiger partial charge in [-0.25, -0.2) is 0 Å². The zero-order valence-corrected chi connectivity index (χ0v) is 11.4. The standard InChI is InChI=1S/C14H26N2O2/c1-11(13-5-8-18-9-6-13)16-14(17)3-2-12-4-7-15-10-12/h11-13,15H,2-10H2,1H3,(H,16,17). The van der Waals surface area contributed by atoms with Crippen LogP contribution in [0.5, 0.6) is 0 Å². The molecule has 2 N–H and O–H groups in total. The van der Waals surface area contributed by atoms with Crippen LogP contribution in [0.15, 0.2) is 0 Å². The first kappa shape index (κ1) is 13.8. The van der Waals surface area contributed by atoms with Gasteiger partial charge in [-0.1, -0.05) is 0 Å². The van der Waals surface area contributed by atoms with Crippen LogP contribution in [0.3, 0.4) is 0 Å². The number of carbonyl (C=O) groups excluding carboxylic acids is 1. The Balaban J connectivity index is 1.62. The molecule has 0 spiro atoms. The average Bonchev–Trinajstić information content (AvgIpc) is 2.90. The van der Waals surface area contributed by atoms with Crippen molar-refractivity contribution < 1.29 is 9.53 Å². The van der Waals surface area contributed by atoms with E-state index in [0.717, 1.165) is 45.6 Å². The molecule has 1 amide bonds. The quantitative estimate of drug-likeness (QED) is 0.777. The Morgan fingerprint density at radius 3 is 2.83 bits per heavy atom. The van der Waals surface area contributed by atoms with E-state index in [0.29, 0.717) is 24.3 Å². The lowest BCUT2D eigenvalue weighted by atomic mass is 9.92. The zero-order chi connectivity index (χ0) is 12.8. The van der Waals surface area contributed by atoms with Gasteiger partial charge in [-0.05, 0) is 57.5 Å². The second-order valence-electron chi connectivity index (χ2n) is 5.70. The minimum Gasteiger partial charge on any atom is -0.381 e. The highest BCUT2D eigenvalue weighted by molar-refractivity contribution is 5.76. The average molecular weight is 254 g/mol. The van der Waals surface area contributed by atoms with Gasteiger partial charge < -0.3 is 15.4 Å². The van der Waals surface area contributed by atoms with Crippen molar-refractivity contribution >= 4 is 5.91 Å². The van der Waals surface area contributed by atoms with Gasteiger partial charge in [0.1, 0.15) is 0 Å². The molecule has 2 saturated heterocycles. The van der Waals surface area contributed by atoms with Crippen LogP contribution in [-0.2, 0) is 9.53 Å². The SMILES string of the molecule is CC(NC(=O)CCC1CCNC1)C1CCOCC1. The second kappa shape index (κ2) is 7.10. The van der Waals surface area contributed by atoms with Gasteiger partial charge >= 0.3 is 0 Å². The number of hydrogen-bond donors (Lipinski definition) is 2. The molecule has 2 heterocycles. The molecule has 18 heavy (non-hydrogen) atoms. The molecule has 2 fully saturated rings. The monoisotopic (exact) mass is 254 g/mol. The summed E-state index contributed by atoms with van der Waals surface area (Å²) in [5.74, 6) is 1.52. The smallest absolute Gasteiger partial charge is 0.220 e. The van der Waals surface area contributed by atoms with E-state index in [-0.39, 0.29) is 5.91 Å². The molecule has 104 valence electrons. The van der Waals surface area contributed by atoms with E-state index in [4.69, 9.17) is 4.74 Å². The van der Waals surface area contributed by atoms with Crippen molar-refractivity contribution in [1.29, 1.82) is 0 Å². The van der Waals surface area contributed by atoms with E-state index in [1.807, 2.05) is 0 Å². The Kier molecular flexibility index (Phi) is 5.45. The first-order valence-corrected chi connectivity index (χ1v) is 7.33. The zero-order valence-electron chi connectivity index (χ0n) is 11.4. The van der Waals surface area contributed by atoms with Crippen molar-refractivity contribution in [3.05, 3.63) is 0 Å². The molecule has 0 aromatic heterocycles. The number of amides is 1.